The fraction of sp³-hybridized carbons (Fsp3) is 0.167. The highest BCUT2D eigenvalue weighted by atomic mass is 16.5. The van der Waals surface area contributed by atoms with E-state index in [9.17, 15) is 10.1 Å². The van der Waals surface area contributed by atoms with Gasteiger partial charge in [-0.25, -0.2) is 0 Å². The highest BCUT2D eigenvalue weighted by Gasteiger charge is 2.27. The summed E-state index contributed by atoms with van der Waals surface area (Å²) in [6.45, 7) is 0. The lowest BCUT2D eigenvalue weighted by Gasteiger charge is -2.23. The number of hydrogen-bond acceptors (Lipinski definition) is 3. The van der Waals surface area contributed by atoms with Crippen molar-refractivity contribution in [3.8, 4) is 11.8 Å². The van der Waals surface area contributed by atoms with E-state index in [4.69, 9.17) is 4.74 Å². The molecule has 3 aromatic rings. The summed E-state index contributed by atoms with van der Waals surface area (Å²) in [5.74, 6) is 0.133. The number of ether oxygens (including phenoxy) is 1. The molecule has 0 aromatic heterocycles. The average Bonchev–Trinajstić information content (AvgIpc) is 2.75. The molecule has 0 radical (unpaired) electrons. The second-order valence-corrected chi connectivity index (χ2v) is 6.39. The van der Waals surface area contributed by atoms with E-state index >= 15 is 0 Å². The van der Waals surface area contributed by atoms with Crippen molar-refractivity contribution < 1.29 is 9.53 Å². The van der Waals surface area contributed by atoms with Gasteiger partial charge >= 0.3 is 0 Å². The Morgan fingerprint density at radius 1 is 0.889 bits per heavy atom. The Hall–Kier alpha value is -3.38. The first-order valence-corrected chi connectivity index (χ1v) is 8.89. The topological polar surface area (TPSA) is 50.1 Å². The van der Waals surface area contributed by atoms with Gasteiger partial charge in [-0.15, -0.1) is 0 Å². The minimum Gasteiger partial charge on any atom is -0.497 e. The van der Waals surface area contributed by atoms with Crippen molar-refractivity contribution in [2.24, 2.45) is 0 Å². The van der Waals surface area contributed by atoms with Gasteiger partial charge in [-0.3, -0.25) is 4.79 Å². The van der Waals surface area contributed by atoms with E-state index in [1.54, 1.807) is 7.11 Å². The first-order chi connectivity index (χ1) is 13.2. The molecule has 3 rings (SSSR count). The quantitative estimate of drug-likeness (QED) is 0.536. The first kappa shape index (κ1) is 18.4. The monoisotopic (exact) mass is 355 g/mol. The first-order valence-electron chi connectivity index (χ1n) is 8.89. The SMILES string of the molecule is COc1ccc([C@@H](C#N)[C@H](CC(=O)c2ccccc2)c2ccccc2)cc1. The van der Waals surface area contributed by atoms with E-state index in [1.807, 2.05) is 84.9 Å². The molecule has 0 N–H and O–H groups in total. The Bertz CT molecular complexity index is 912. The molecule has 0 saturated heterocycles. The maximum absolute atomic E-state index is 12.9. The Morgan fingerprint density at radius 3 is 2.04 bits per heavy atom. The average molecular weight is 355 g/mol. The minimum atomic E-state index is -0.425. The van der Waals surface area contributed by atoms with Crippen LogP contribution in [0.5, 0.6) is 5.75 Å². The summed E-state index contributed by atoms with van der Waals surface area (Å²) >= 11 is 0. The number of benzene rings is 3. The van der Waals surface area contributed by atoms with Crippen LogP contribution in [0.25, 0.3) is 0 Å². The van der Waals surface area contributed by atoms with Gasteiger partial charge in [0.25, 0.3) is 0 Å². The number of hydrogen-bond donors (Lipinski definition) is 0. The molecule has 0 fully saturated rings. The zero-order valence-electron chi connectivity index (χ0n) is 15.2. The summed E-state index contributed by atoms with van der Waals surface area (Å²) in [6.07, 6.45) is 0.276. The standard InChI is InChI=1S/C24H21NO2/c1-27-21-14-12-19(13-15-21)23(17-25)22(18-8-4-2-5-9-18)16-24(26)20-10-6-3-7-11-20/h2-15,22-23H,16H2,1H3/t22-,23-/m1/s1. The van der Waals surface area contributed by atoms with Crippen molar-refractivity contribution in [2.45, 2.75) is 18.3 Å². The fourth-order valence-electron chi connectivity index (χ4n) is 3.28. The van der Waals surface area contributed by atoms with E-state index in [2.05, 4.69) is 6.07 Å². The molecule has 3 heteroatoms. The van der Waals surface area contributed by atoms with Crippen molar-refractivity contribution in [2.75, 3.05) is 7.11 Å². The molecule has 0 heterocycles. The Balaban J connectivity index is 1.95. The molecule has 3 aromatic carbocycles. The van der Waals surface area contributed by atoms with Crippen LogP contribution in [0.2, 0.25) is 0 Å². The van der Waals surface area contributed by atoms with Crippen LogP contribution in [-0.2, 0) is 0 Å². The number of methoxy groups -OCH3 is 1. The van der Waals surface area contributed by atoms with Crippen molar-refractivity contribution in [1.82, 2.24) is 0 Å². The van der Waals surface area contributed by atoms with E-state index in [1.165, 1.54) is 0 Å². The molecule has 0 unspecified atom stereocenters. The predicted molar refractivity (Wildman–Crippen MR) is 106 cm³/mol. The van der Waals surface area contributed by atoms with Crippen LogP contribution in [0.4, 0.5) is 0 Å². The lowest BCUT2D eigenvalue weighted by molar-refractivity contribution is 0.0971. The van der Waals surface area contributed by atoms with Crippen LogP contribution >= 0.6 is 0 Å². The molecule has 0 spiro atoms. The summed E-state index contributed by atoms with van der Waals surface area (Å²) in [4.78, 5) is 12.9. The van der Waals surface area contributed by atoms with Gasteiger partial charge in [-0.1, -0.05) is 72.8 Å². The number of rotatable bonds is 7. The number of nitrogens with zero attached hydrogens (tertiary/aromatic N) is 1. The van der Waals surface area contributed by atoms with Crippen LogP contribution in [0.15, 0.2) is 84.9 Å². The van der Waals surface area contributed by atoms with Crippen LogP contribution in [0.3, 0.4) is 0 Å². The molecule has 2 atom stereocenters. The zero-order valence-corrected chi connectivity index (χ0v) is 15.2. The second-order valence-electron chi connectivity index (χ2n) is 6.39. The summed E-state index contributed by atoms with van der Waals surface area (Å²) in [7, 11) is 1.61. The summed E-state index contributed by atoms with van der Waals surface area (Å²) in [5.41, 5.74) is 2.54. The molecule has 3 nitrogen and oxygen atoms in total. The van der Waals surface area contributed by atoms with Gasteiger partial charge in [0, 0.05) is 17.9 Å². The molecule has 0 aliphatic heterocycles. The second kappa shape index (κ2) is 8.82. The van der Waals surface area contributed by atoms with Gasteiger partial charge < -0.3 is 4.74 Å². The van der Waals surface area contributed by atoms with E-state index in [-0.39, 0.29) is 18.1 Å². The Morgan fingerprint density at radius 2 is 1.48 bits per heavy atom. The molecule has 0 amide bonds. The molecule has 0 aliphatic rings. The number of carbonyl (C=O) groups is 1. The normalized spacial score (nSPS) is 12.6. The smallest absolute Gasteiger partial charge is 0.163 e. The molecular formula is C24H21NO2. The molecule has 134 valence electrons. The lowest BCUT2D eigenvalue weighted by Crippen LogP contribution is -2.15. The van der Waals surface area contributed by atoms with E-state index in [0.717, 1.165) is 16.9 Å². The highest BCUT2D eigenvalue weighted by molar-refractivity contribution is 5.96. The van der Waals surface area contributed by atoms with Gasteiger partial charge in [-0.05, 0) is 23.3 Å². The summed E-state index contributed by atoms with van der Waals surface area (Å²) < 4.78 is 5.21. The molecule has 0 bridgehead atoms. The lowest BCUT2D eigenvalue weighted by atomic mass is 9.78. The molecular weight excluding hydrogens is 334 g/mol. The predicted octanol–water partition coefficient (Wildman–Crippen LogP) is 5.36. The zero-order chi connectivity index (χ0) is 19.1. The highest BCUT2D eigenvalue weighted by Crippen LogP contribution is 2.36. The van der Waals surface area contributed by atoms with Gasteiger partial charge in [0.15, 0.2) is 5.78 Å². The molecule has 27 heavy (non-hydrogen) atoms. The van der Waals surface area contributed by atoms with Crippen LogP contribution in [0.1, 0.15) is 39.7 Å². The van der Waals surface area contributed by atoms with Crippen LogP contribution in [0, 0.1) is 11.3 Å². The maximum Gasteiger partial charge on any atom is 0.163 e. The Labute approximate surface area is 159 Å². The number of ketones is 1. The van der Waals surface area contributed by atoms with E-state index < -0.39 is 5.92 Å². The van der Waals surface area contributed by atoms with Gasteiger partial charge in [0.2, 0.25) is 0 Å². The van der Waals surface area contributed by atoms with Crippen molar-refractivity contribution in [3.63, 3.8) is 0 Å². The Kier molecular flexibility index (Phi) is 6.02. The number of nitriles is 1. The fourth-order valence-corrected chi connectivity index (χ4v) is 3.28. The third-order valence-electron chi connectivity index (χ3n) is 4.75. The number of carbonyl (C=O) groups excluding carboxylic acids is 1. The van der Waals surface area contributed by atoms with Crippen LogP contribution in [-0.4, -0.2) is 12.9 Å². The number of Topliss-reactive ketones (excluding diaryl/α,β-unsaturated/α-hetero) is 1. The molecule has 0 aliphatic carbocycles. The summed E-state index contributed by atoms with van der Waals surface area (Å²) in [6, 6.07) is 28.9. The third-order valence-corrected chi connectivity index (χ3v) is 4.75. The summed E-state index contributed by atoms with van der Waals surface area (Å²) in [5, 5.41) is 9.93. The minimum absolute atomic E-state index is 0.0400. The van der Waals surface area contributed by atoms with Gasteiger partial charge in [0.05, 0.1) is 19.1 Å². The van der Waals surface area contributed by atoms with Gasteiger partial charge in [-0.2, -0.15) is 5.26 Å². The van der Waals surface area contributed by atoms with E-state index in [0.29, 0.717) is 5.56 Å². The van der Waals surface area contributed by atoms with Crippen molar-refractivity contribution in [1.29, 1.82) is 5.26 Å². The van der Waals surface area contributed by atoms with Gasteiger partial charge in [0.1, 0.15) is 5.75 Å². The third kappa shape index (κ3) is 4.43. The molecule has 0 saturated carbocycles. The van der Waals surface area contributed by atoms with Crippen molar-refractivity contribution in [3.05, 3.63) is 102 Å². The van der Waals surface area contributed by atoms with Crippen molar-refractivity contribution >= 4 is 5.78 Å². The maximum atomic E-state index is 12.9. The van der Waals surface area contributed by atoms with Crippen LogP contribution < -0.4 is 4.74 Å². The largest absolute Gasteiger partial charge is 0.497 e.